The van der Waals surface area contributed by atoms with E-state index < -0.39 is 0 Å². The Balaban J connectivity index is 1.41. The number of halogens is 1. The number of thiazole rings is 1. The van der Waals surface area contributed by atoms with Crippen LogP contribution < -0.4 is 5.32 Å². The molecule has 0 radical (unpaired) electrons. The summed E-state index contributed by atoms with van der Waals surface area (Å²) >= 11 is 1.35. The zero-order valence-electron chi connectivity index (χ0n) is 14.9. The third-order valence-corrected chi connectivity index (χ3v) is 5.61. The average molecular weight is 392 g/mol. The predicted molar refractivity (Wildman–Crippen MR) is 108 cm³/mol. The van der Waals surface area contributed by atoms with Gasteiger partial charge in [-0.25, -0.2) is 14.4 Å². The number of nitrogens with one attached hydrogen (secondary N) is 1. The van der Waals surface area contributed by atoms with E-state index in [1.807, 2.05) is 28.8 Å². The van der Waals surface area contributed by atoms with Gasteiger partial charge in [-0.3, -0.25) is 4.79 Å². The van der Waals surface area contributed by atoms with Crippen LogP contribution in [0.15, 0.2) is 54.0 Å². The van der Waals surface area contributed by atoms with Gasteiger partial charge in [0, 0.05) is 11.5 Å². The molecule has 7 heteroatoms. The van der Waals surface area contributed by atoms with Crippen LogP contribution >= 0.6 is 11.3 Å². The summed E-state index contributed by atoms with van der Waals surface area (Å²) in [4.78, 5) is 21.9. The van der Waals surface area contributed by atoms with Crippen LogP contribution in [0.25, 0.3) is 22.3 Å². The molecule has 0 aliphatic heterocycles. The van der Waals surface area contributed by atoms with Gasteiger partial charge in [0.25, 0.3) is 0 Å². The first-order valence-corrected chi connectivity index (χ1v) is 10.0. The third-order valence-electron chi connectivity index (χ3n) is 4.87. The SMILES string of the molecule is O=C(Cn1c(C2CC2)nc2ccccc21)Nc1scnc1-c1ccc(F)cc1. The van der Waals surface area contributed by atoms with E-state index in [1.165, 1.54) is 23.5 Å². The molecule has 2 aromatic heterocycles. The maximum atomic E-state index is 13.2. The van der Waals surface area contributed by atoms with E-state index in [0.29, 0.717) is 16.6 Å². The van der Waals surface area contributed by atoms with E-state index in [9.17, 15) is 9.18 Å². The predicted octanol–water partition coefficient (Wildman–Crippen LogP) is 4.82. The van der Waals surface area contributed by atoms with Crippen LogP contribution in [0.2, 0.25) is 0 Å². The Morgan fingerprint density at radius 1 is 1.18 bits per heavy atom. The summed E-state index contributed by atoms with van der Waals surface area (Å²) in [5, 5.41) is 3.63. The first-order chi connectivity index (χ1) is 13.7. The molecule has 1 aliphatic carbocycles. The highest BCUT2D eigenvalue weighted by atomic mass is 32.1. The molecule has 1 aliphatic rings. The largest absolute Gasteiger partial charge is 0.318 e. The number of benzene rings is 2. The number of carbonyl (C=O) groups excluding carboxylic acids is 1. The van der Waals surface area contributed by atoms with Gasteiger partial charge in [-0.15, -0.1) is 11.3 Å². The summed E-state index contributed by atoms with van der Waals surface area (Å²) in [6, 6.07) is 14.0. The second-order valence-corrected chi connectivity index (χ2v) is 7.76. The minimum atomic E-state index is -0.302. The highest BCUT2D eigenvalue weighted by molar-refractivity contribution is 7.14. The van der Waals surface area contributed by atoms with E-state index in [4.69, 9.17) is 4.98 Å². The van der Waals surface area contributed by atoms with Gasteiger partial charge >= 0.3 is 0 Å². The number of amides is 1. The van der Waals surface area contributed by atoms with Gasteiger partial charge < -0.3 is 9.88 Å². The molecular weight excluding hydrogens is 375 g/mol. The van der Waals surface area contributed by atoms with Gasteiger partial charge in [-0.1, -0.05) is 12.1 Å². The molecular formula is C21H17FN4OS. The van der Waals surface area contributed by atoms with Gasteiger partial charge in [0.15, 0.2) is 0 Å². The summed E-state index contributed by atoms with van der Waals surface area (Å²) in [5.74, 6) is 1.000. The second-order valence-electron chi connectivity index (χ2n) is 6.90. The van der Waals surface area contributed by atoms with Gasteiger partial charge in [0.05, 0.1) is 16.5 Å². The maximum Gasteiger partial charge on any atom is 0.245 e. The van der Waals surface area contributed by atoms with Crippen molar-refractivity contribution in [3.8, 4) is 11.3 Å². The highest BCUT2D eigenvalue weighted by Gasteiger charge is 2.30. The number of hydrogen-bond acceptors (Lipinski definition) is 4. The third kappa shape index (κ3) is 3.18. The van der Waals surface area contributed by atoms with E-state index in [2.05, 4.69) is 10.3 Å². The lowest BCUT2D eigenvalue weighted by molar-refractivity contribution is -0.116. The van der Waals surface area contributed by atoms with Crippen LogP contribution in [0, 0.1) is 5.82 Å². The molecule has 0 unspecified atom stereocenters. The molecule has 4 aromatic rings. The fourth-order valence-corrected chi connectivity index (χ4v) is 4.09. The lowest BCUT2D eigenvalue weighted by Gasteiger charge is -2.10. The number of nitrogens with zero attached hydrogens (tertiary/aromatic N) is 3. The molecule has 1 N–H and O–H groups in total. The molecule has 1 saturated carbocycles. The first kappa shape index (κ1) is 17.1. The molecule has 2 aromatic carbocycles. The Bertz CT molecular complexity index is 1160. The Hall–Kier alpha value is -3.06. The van der Waals surface area contributed by atoms with Crippen molar-refractivity contribution in [2.45, 2.75) is 25.3 Å². The molecule has 1 amide bonds. The molecule has 28 heavy (non-hydrogen) atoms. The van der Waals surface area contributed by atoms with Crippen molar-refractivity contribution in [1.82, 2.24) is 14.5 Å². The normalized spacial score (nSPS) is 13.8. The van der Waals surface area contributed by atoms with Crippen molar-refractivity contribution < 1.29 is 9.18 Å². The fraction of sp³-hybridized carbons (Fsp3) is 0.190. The number of para-hydroxylation sites is 2. The van der Waals surface area contributed by atoms with E-state index in [-0.39, 0.29) is 18.3 Å². The van der Waals surface area contributed by atoms with Crippen LogP contribution in [0.4, 0.5) is 9.39 Å². The van der Waals surface area contributed by atoms with Gasteiger partial charge in [-0.05, 0) is 49.2 Å². The molecule has 5 nitrogen and oxygen atoms in total. The summed E-state index contributed by atoms with van der Waals surface area (Å²) < 4.78 is 15.2. The molecule has 0 bridgehead atoms. The maximum absolute atomic E-state index is 13.2. The first-order valence-electron chi connectivity index (χ1n) is 9.13. The van der Waals surface area contributed by atoms with Crippen LogP contribution in [-0.2, 0) is 11.3 Å². The molecule has 1 fully saturated rings. The van der Waals surface area contributed by atoms with E-state index >= 15 is 0 Å². The molecule has 0 saturated heterocycles. The number of fused-ring (bicyclic) bond motifs is 1. The van der Waals surface area contributed by atoms with Gasteiger partial charge in [0.2, 0.25) is 5.91 Å². The minimum Gasteiger partial charge on any atom is -0.318 e. The number of rotatable bonds is 5. The average Bonchev–Trinajstić information content (AvgIpc) is 3.34. The summed E-state index contributed by atoms with van der Waals surface area (Å²) in [6.45, 7) is 0.201. The van der Waals surface area contributed by atoms with E-state index in [0.717, 1.165) is 35.3 Å². The number of hydrogen-bond donors (Lipinski definition) is 1. The molecule has 140 valence electrons. The monoisotopic (exact) mass is 392 g/mol. The highest BCUT2D eigenvalue weighted by Crippen LogP contribution is 2.40. The number of imidazole rings is 1. The van der Waals surface area contributed by atoms with Crippen LogP contribution in [0.1, 0.15) is 24.6 Å². The van der Waals surface area contributed by atoms with Crippen molar-refractivity contribution in [1.29, 1.82) is 0 Å². The molecule has 0 atom stereocenters. The molecule has 5 rings (SSSR count). The van der Waals surface area contributed by atoms with Gasteiger partial charge in [0.1, 0.15) is 28.9 Å². The standard InChI is InChI=1S/C21H17FN4OS/c22-15-9-7-13(8-10-15)19-21(28-12-23-19)25-18(27)11-26-17-4-2-1-3-16(17)24-20(26)14-5-6-14/h1-4,7-10,12,14H,5-6,11H2,(H,25,27). The Kier molecular flexibility index (Phi) is 4.16. The lowest BCUT2D eigenvalue weighted by Crippen LogP contribution is -2.19. The molecule has 0 spiro atoms. The van der Waals surface area contributed by atoms with Crippen LogP contribution in [0.3, 0.4) is 0 Å². The van der Waals surface area contributed by atoms with Crippen molar-refractivity contribution in [2.24, 2.45) is 0 Å². The second kappa shape index (κ2) is 6.83. The summed E-state index contributed by atoms with van der Waals surface area (Å²) in [5.41, 5.74) is 4.99. The minimum absolute atomic E-state index is 0.127. The quantitative estimate of drug-likeness (QED) is 0.530. The fourth-order valence-electron chi connectivity index (χ4n) is 3.37. The van der Waals surface area contributed by atoms with Crippen molar-refractivity contribution in [3.05, 3.63) is 65.7 Å². The topological polar surface area (TPSA) is 59.8 Å². The number of carbonyl (C=O) groups is 1. The van der Waals surface area contributed by atoms with Crippen molar-refractivity contribution in [3.63, 3.8) is 0 Å². The summed E-state index contributed by atoms with van der Waals surface area (Å²) in [6.07, 6.45) is 2.24. The Morgan fingerprint density at radius 3 is 2.75 bits per heavy atom. The van der Waals surface area contributed by atoms with Gasteiger partial charge in [-0.2, -0.15) is 0 Å². The number of aromatic nitrogens is 3. The smallest absolute Gasteiger partial charge is 0.245 e. The lowest BCUT2D eigenvalue weighted by atomic mass is 10.1. The number of anilines is 1. The van der Waals surface area contributed by atoms with Crippen molar-refractivity contribution in [2.75, 3.05) is 5.32 Å². The molecule has 2 heterocycles. The Morgan fingerprint density at radius 2 is 1.96 bits per heavy atom. The van der Waals surface area contributed by atoms with E-state index in [1.54, 1.807) is 17.6 Å². The van der Waals surface area contributed by atoms with Crippen molar-refractivity contribution >= 4 is 33.3 Å². The zero-order chi connectivity index (χ0) is 19.1. The van der Waals surface area contributed by atoms with Crippen LogP contribution in [-0.4, -0.2) is 20.4 Å². The Labute approximate surface area is 164 Å². The summed E-state index contributed by atoms with van der Waals surface area (Å²) in [7, 11) is 0. The zero-order valence-corrected chi connectivity index (χ0v) is 15.7. The van der Waals surface area contributed by atoms with Crippen LogP contribution in [0.5, 0.6) is 0 Å².